The van der Waals surface area contributed by atoms with Crippen LogP contribution < -0.4 is 0 Å². The van der Waals surface area contributed by atoms with Crippen LogP contribution in [-0.4, -0.2) is 43.1 Å². The molecular formula is C10H14ClNO4. The zero-order chi connectivity index (χ0) is 12.3. The van der Waals surface area contributed by atoms with Crippen LogP contribution in [0, 0.1) is 0 Å². The highest BCUT2D eigenvalue weighted by molar-refractivity contribution is 6.31. The van der Waals surface area contributed by atoms with Crippen LogP contribution >= 0.6 is 11.6 Å². The Kier molecular flexibility index (Phi) is 4.09. The molecule has 1 atom stereocenters. The second kappa shape index (κ2) is 4.97. The molecule has 16 heavy (non-hydrogen) atoms. The highest BCUT2D eigenvalue weighted by Crippen LogP contribution is 2.35. The van der Waals surface area contributed by atoms with Crippen LogP contribution in [0.25, 0.3) is 0 Å². The average molecular weight is 248 g/mol. The molecule has 0 fully saturated rings. The molecule has 90 valence electrons. The van der Waals surface area contributed by atoms with Gasteiger partial charge in [0.2, 0.25) is 5.79 Å². The van der Waals surface area contributed by atoms with E-state index in [1.807, 2.05) is 0 Å². The van der Waals surface area contributed by atoms with Crippen LogP contribution in [0.3, 0.4) is 0 Å². The molecule has 0 aromatic carbocycles. The highest BCUT2D eigenvalue weighted by atomic mass is 35.5. The molecule has 5 nitrogen and oxygen atoms in total. The molecular weight excluding hydrogens is 234 g/mol. The van der Waals surface area contributed by atoms with Crippen molar-refractivity contribution in [1.82, 2.24) is 5.06 Å². The van der Waals surface area contributed by atoms with E-state index in [-0.39, 0.29) is 17.0 Å². The summed E-state index contributed by atoms with van der Waals surface area (Å²) >= 11 is 6.00. The number of carboxylic acid groups (broad SMARTS) is 1. The SMILES string of the molecule is COC1(ON(C)C)CC=C(C(=O)O)C=C1Cl. The lowest BCUT2D eigenvalue weighted by Gasteiger charge is -2.34. The summed E-state index contributed by atoms with van der Waals surface area (Å²) in [6.07, 6.45) is 3.10. The Bertz CT molecular complexity index is 351. The summed E-state index contributed by atoms with van der Waals surface area (Å²) in [5, 5.41) is 10.5. The predicted octanol–water partition coefficient (Wildman–Crippen LogP) is 1.36. The van der Waals surface area contributed by atoms with Crippen LogP contribution in [0.1, 0.15) is 6.42 Å². The number of ether oxygens (including phenoxy) is 1. The molecule has 0 bridgehead atoms. The van der Waals surface area contributed by atoms with Crippen molar-refractivity contribution in [3.8, 4) is 0 Å². The van der Waals surface area contributed by atoms with Crippen molar-refractivity contribution in [1.29, 1.82) is 0 Å². The number of carboxylic acids is 1. The lowest BCUT2D eigenvalue weighted by molar-refractivity contribution is -0.299. The number of nitrogens with zero attached hydrogens (tertiary/aromatic N) is 1. The van der Waals surface area contributed by atoms with Gasteiger partial charge in [-0.2, -0.15) is 5.06 Å². The van der Waals surface area contributed by atoms with Gasteiger partial charge in [0.25, 0.3) is 0 Å². The van der Waals surface area contributed by atoms with Crippen molar-refractivity contribution < 1.29 is 19.5 Å². The van der Waals surface area contributed by atoms with Gasteiger partial charge in [0, 0.05) is 27.6 Å². The Hall–Kier alpha value is -0.880. The van der Waals surface area contributed by atoms with E-state index in [4.69, 9.17) is 26.3 Å². The van der Waals surface area contributed by atoms with Crippen molar-refractivity contribution in [2.75, 3.05) is 21.2 Å². The largest absolute Gasteiger partial charge is 0.478 e. The van der Waals surface area contributed by atoms with E-state index < -0.39 is 11.8 Å². The minimum Gasteiger partial charge on any atom is -0.478 e. The fourth-order valence-electron chi connectivity index (χ4n) is 1.39. The Balaban J connectivity index is 2.95. The average Bonchev–Trinajstić information content (AvgIpc) is 2.20. The van der Waals surface area contributed by atoms with E-state index in [2.05, 4.69) is 0 Å². The predicted molar refractivity (Wildman–Crippen MR) is 58.8 cm³/mol. The molecule has 0 heterocycles. The molecule has 1 N–H and O–H groups in total. The summed E-state index contributed by atoms with van der Waals surface area (Å²) in [6.45, 7) is 0. The van der Waals surface area contributed by atoms with E-state index in [0.717, 1.165) is 0 Å². The molecule has 0 spiro atoms. The van der Waals surface area contributed by atoms with Crippen LogP contribution in [0.5, 0.6) is 0 Å². The lowest BCUT2D eigenvalue weighted by Crippen LogP contribution is -2.41. The smallest absolute Gasteiger partial charge is 0.335 e. The maximum absolute atomic E-state index is 10.8. The van der Waals surface area contributed by atoms with Gasteiger partial charge in [0.15, 0.2) is 0 Å². The molecule has 6 heteroatoms. The van der Waals surface area contributed by atoms with Crippen LogP contribution in [0.4, 0.5) is 0 Å². The topological polar surface area (TPSA) is 59.0 Å². The Morgan fingerprint density at radius 2 is 2.25 bits per heavy atom. The first-order valence-electron chi connectivity index (χ1n) is 4.64. The molecule has 1 aliphatic carbocycles. The van der Waals surface area contributed by atoms with E-state index >= 15 is 0 Å². The first-order valence-corrected chi connectivity index (χ1v) is 5.02. The Morgan fingerprint density at radius 1 is 1.62 bits per heavy atom. The number of halogens is 1. The number of aliphatic carboxylic acids is 1. The van der Waals surface area contributed by atoms with Crippen molar-refractivity contribution in [2.45, 2.75) is 12.2 Å². The van der Waals surface area contributed by atoms with Gasteiger partial charge >= 0.3 is 5.97 Å². The van der Waals surface area contributed by atoms with Gasteiger partial charge in [-0.3, -0.25) is 4.84 Å². The monoisotopic (exact) mass is 247 g/mol. The molecule has 0 saturated carbocycles. The summed E-state index contributed by atoms with van der Waals surface area (Å²) in [6, 6.07) is 0. The van der Waals surface area contributed by atoms with Gasteiger partial charge < -0.3 is 9.84 Å². The summed E-state index contributed by atoms with van der Waals surface area (Å²) in [4.78, 5) is 16.2. The molecule has 0 saturated heterocycles. The third kappa shape index (κ3) is 2.62. The first kappa shape index (κ1) is 13.2. The van der Waals surface area contributed by atoms with Gasteiger partial charge in [-0.1, -0.05) is 17.7 Å². The second-order valence-corrected chi connectivity index (χ2v) is 3.93. The summed E-state index contributed by atoms with van der Waals surface area (Å²) in [7, 11) is 4.85. The van der Waals surface area contributed by atoms with Gasteiger partial charge in [-0.05, 0) is 6.08 Å². The third-order valence-corrected chi connectivity index (χ3v) is 2.54. The molecule has 1 aliphatic rings. The molecule has 1 unspecified atom stereocenters. The minimum atomic E-state index is -1.12. The number of hydrogen-bond donors (Lipinski definition) is 1. The molecule has 0 aromatic heterocycles. The molecule has 0 radical (unpaired) electrons. The number of carbonyl (C=O) groups is 1. The van der Waals surface area contributed by atoms with Crippen LogP contribution in [0.2, 0.25) is 0 Å². The second-order valence-electron chi connectivity index (χ2n) is 3.52. The molecule has 0 amide bonds. The number of methoxy groups -OCH3 is 1. The van der Waals surface area contributed by atoms with Crippen molar-refractivity contribution in [2.24, 2.45) is 0 Å². The van der Waals surface area contributed by atoms with Crippen molar-refractivity contribution in [3.05, 3.63) is 22.8 Å². The standard InChI is InChI=1S/C10H14ClNO4/c1-12(2)16-10(15-3)5-4-7(9(13)14)6-8(10)11/h4,6H,5H2,1-3H3,(H,13,14). The van der Waals surface area contributed by atoms with Gasteiger partial charge in [0.1, 0.15) is 0 Å². The van der Waals surface area contributed by atoms with Crippen LogP contribution in [0.15, 0.2) is 22.8 Å². The highest BCUT2D eigenvalue weighted by Gasteiger charge is 2.38. The molecule has 0 aliphatic heterocycles. The fraction of sp³-hybridized carbons (Fsp3) is 0.500. The maximum Gasteiger partial charge on any atom is 0.335 e. The van der Waals surface area contributed by atoms with Gasteiger partial charge in [-0.15, -0.1) is 0 Å². The summed E-state index contributed by atoms with van der Waals surface area (Å²) in [5.41, 5.74) is 0.139. The van der Waals surface area contributed by atoms with Crippen molar-refractivity contribution in [3.63, 3.8) is 0 Å². The number of hydroxylamine groups is 2. The first-order chi connectivity index (χ1) is 7.41. The summed E-state index contributed by atoms with van der Waals surface area (Å²) < 4.78 is 5.23. The number of hydrogen-bond acceptors (Lipinski definition) is 4. The van der Waals surface area contributed by atoms with Crippen LogP contribution in [-0.2, 0) is 14.4 Å². The molecule has 0 aromatic rings. The van der Waals surface area contributed by atoms with E-state index in [0.29, 0.717) is 0 Å². The minimum absolute atomic E-state index is 0.139. The zero-order valence-corrected chi connectivity index (χ0v) is 10.1. The Morgan fingerprint density at radius 3 is 2.62 bits per heavy atom. The normalized spacial score (nSPS) is 25.3. The molecule has 1 rings (SSSR count). The zero-order valence-electron chi connectivity index (χ0n) is 9.36. The maximum atomic E-state index is 10.8. The van der Waals surface area contributed by atoms with E-state index in [9.17, 15) is 4.79 Å². The van der Waals surface area contributed by atoms with Gasteiger partial charge in [0.05, 0.1) is 10.6 Å². The van der Waals surface area contributed by atoms with Crippen molar-refractivity contribution >= 4 is 17.6 Å². The van der Waals surface area contributed by atoms with E-state index in [1.54, 1.807) is 14.1 Å². The van der Waals surface area contributed by atoms with E-state index in [1.165, 1.54) is 24.3 Å². The number of rotatable bonds is 4. The fourth-order valence-corrected chi connectivity index (χ4v) is 1.70. The van der Waals surface area contributed by atoms with Gasteiger partial charge in [-0.25, -0.2) is 4.79 Å². The third-order valence-electron chi connectivity index (χ3n) is 2.14. The lowest BCUT2D eigenvalue weighted by atomic mass is 10.0. The summed E-state index contributed by atoms with van der Waals surface area (Å²) in [5.74, 6) is -2.14. The quantitative estimate of drug-likeness (QED) is 0.600. The Labute approximate surface area is 98.8 Å².